The molecule has 5 heteroatoms. The summed E-state index contributed by atoms with van der Waals surface area (Å²) in [5, 5.41) is 10.2. The second-order valence-electron chi connectivity index (χ2n) is 5.78. The van der Waals surface area contributed by atoms with Gasteiger partial charge in [-0.25, -0.2) is 0 Å². The molecule has 5 nitrogen and oxygen atoms in total. The maximum atomic E-state index is 12.9. The maximum Gasteiger partial charge on any atom is 0.254 e. The minimum Gasteiger partial charge on any atom is -0.361 e. The summed E-state index contributed by atoms with van der Waals surface area (Å²) in [5.41, 5.74) is 1.70. The Labute approximate surface area is 122 Å². The summed E-state index contributed by atoms with van der Waals surface area (Å²) in [7, 11) is 0. The van der Waals surface area contributed by atoms with E-state index in [1.165, 1.54) is 0 Å². The van der Waals surface area contributed by atoms with Crippen LogP contribution in [0.4, 0.5) is 0 Å². The van der Waals surface area contributed by atoms with Crippen LogP contribution in [0.15, 0.2) is 30.5 Å². The Morgan fingerprint density at radius 3 is 3.10 bits per heavy atom. The van der Waals surface area contributed by atoms with Gasteiger partial charge in [0.25, 0.3) is 5.91 Å². The molecule has 1 amide bonds. The van der Waals surface area contributed by atoms with Crippen LogP contribution in [-0.4, -0.2) is 52.4 Å². The van der Waals surface area contributed by atoms with Crippen molar-refractivity contribution in [3.05, 3.63) is 36.0 Å². The summed E-state index contributed by atoms with van der Waals surface area (Å²) in [6.07, 6.45) is 2.82. The van der Waals surface area contributed by atoms with E-state index in [9.17, 15) is 10.1 Å². The van der Waals surface area contributed by atoms with E-state index in [2.05, 4.69) is 16.0 Å². The van der Waals surface area contributed by atoms with Gasteiger partial charge in [-0.2, -0.15) is 5.26 Å². The van der Waals surface area contributed by atoms with Gasteiger partial charge in [0.05, 0.1) is 12.6 Å². The van der Waals surface area contributed by atoms with Gasteiger partial charge in [0.2, 0.25) is 0 Å². The van der Waals surface area contributed by atoms with Gasteiger partial charge in [0.15, 0.2) is 0 Å². The number of piperazine rings is 1. The molecule has 0 aliphatic carbocycles. The number of benzene rings is 1. The van der Waals surface area contributed by atoms with Crippen LogP contribution in [0.5, 0.6) is 0 Å². The van der Waals surface area contributed by atoms with Crippen LogP contribution < -0.4 is 0 Å². The van der Waals surface area contributed by atoms with E-state index in [4.69, 9.17) is 0 Å². The quantitative estimate of drug-likeness (QED) is 0.863. The molecule has 0 spiro atoms. The molecule has 3 unspecified atom stereocenters. The van der Waals surface area contributed by atoms with Crippen LogP contribution in [0.3, 0.4) is 0 Å². The number of hydrogen-bond acceptors (Lipinski definition) is 3. The molecule has 2 aliphatic rings. The first-order valence-electron chi connectivity index (χ1n) is 7.28. The molecular formula is C16H16N4O. The van der Waals surface area contributed by atoms with Gasteiger partial charge in [-0.1, -0.05) is 6.07 Å². The molecule has 1 aromatic heterocycles. The van der Waals surface area contributed by atoms with Crippen LogP contribution >= 0.6 is 0 Å². The average molecular weight is 280 g/mol. The molecule has 0 radical (unpaired) electrons. The fourth-order valence-electron chi connectivity index (χ4n) is 3.55. The minimum atomic E-state index is -0.168. The molecule has 1 aromatic carbocycles. The molecule has 106 valence electrons. The van der Waals surface area contributed by atoms with Crippen molar-refractivity contribution in [2.45, 2.75) is 18.5 Å². The number of carbonyl (C=O) groups excluding carboxylic acids is 1. The largest absolute Gasteiger partial charge is 0.361 e. The first kappa shape index (κ1) is 12.4. The average Bonchev–Trinajstić information content (AvgIpc) is 3.14. The Bertz CT molecular complexity index is 744. The molecule has 2 bridgehead atoms. The highest BCUT2D eigenvalue weighted by molar-refractivity contribution is 6.06. The number of fused-ring (bicyclic) bond motifs is 3. The molecule has 2 fully saturated rings. The number of nitrogens with one attached hydrogen (secondary N) is 1. The fraction of sp³-hybridized carbons (Fsp3) is 0.375. The second kappa shape index (κ2) is 4.61. The highest BCUT2D eigenvalue weighted by atomic mass is 16.2. The molecular weight excluding hydrogens is 264 g/mol. The number of aromatic nitrogens is 1. The van der Waals surface area contributed by atoms with E-state index in [0.29, 0.717) is 6.54 Å². The van der Waals surface area contributed by atoms with Crippen LogP contribution in [0.2, 0.25) is 0 Å². The van der Waals surface area contributed by atoms with Crippen molar-refractivity contribution >= 4 is 16.8 Å². The number of H-pyrrole nitrogens is 1. The number of amides is 1. The molecule has 2 aromatic rings. The third-order valence-electron chi connectivity index (χ3n) is 4.68. The Morgan fingerprint density at radius 2 is 2.24 bits per heavy atom. The van der Waals surface area contributed by atoms with Crippen molar-refractivity contribution in [3.8, 4) is 6.07 Å². The van der Waals surface area contributed by atoms with Gasteiger partial charge >= 0.3 is 0 Å². The SMILES string of the molecule is N#CC1CN(C(=O)c2cccc3[nH]ccc23)C2CCN1C2. The molecule has 4 rings (SSSR count). The number of nitriles is 1. The number of carbonyl (C=O) groups is 1. The van der Waals surface area contributed by atoms with Gasteiger partial charge in [-0.3, -0.25) is 9.69 Å². The third kappa shape index (κ3) is 1.83. The highest BCUT2D eigenvalue weighted by Crippen LogP contribution is 2.28. The normalized spacial score (nSPS) is 27.8. The summed E-state index contributed by atoms with van der Waals surface area (Å²) in [6, 6.07) is 10.1. The van der Waals surface area contributed by atoms with Crippen molar-refractivity contribution in [2.75, 3.05) is 19.6 Å². The molecule has 2 saturated heterocycles. The lowest BCUT2D eigenvalue weighted by molar-refractivity contribution is 0.0559. The summed E-state index contributed by atoms with van der Waals surface area (Å²) >= 11 is 0. The lowest BCUT2D eigenvalue weighted by Gasteiger charge is -2.37. The van der Waals surface area contributed by atoms with E-state index in [1.807, 2.05) is 35.4 Å². The maximum absolute atomic E-state index is 12.9. The lowest BCUT2D eigenvalue weighted by Crippen LogP contribution is -2.54. The zero-order valence-corrected chi connectivity index (χ0v) is 11.6. The zero-order chi connectivity index (χ0) is 14.4. The fourth-order valence-corrected chi connectivity index (χ4v) is 3.55. The van der Waals surface area contributed by atoms with Crippen molar-refractivity contribution in [1.82, 2.24) is 14.8 Å². The van der Waals surface area contributed by atoms with E-state index in [0.717, 1.165) is 36.0 Å². The smallest absolute Gasteiger partial charge is 0.254 e. The monoisotopic (exact) mass is 280 g/mol. The van der Waals surface area contributed by atoms with Gasteiger partial charge in [-0.05, 0) is 24.6 Å². The van der Waals surface area contributed by atoms with Crippen molar-refractivity contribution in [3.63, 3.8) is 0 Å². The summed E-state index contributed by atoms with van der Waals surface area (Å²) in [6.45, 7) is 2.26. The first-order chi connectivity index (χ1) is 10.3. The molecule has 21 heavy (non-hydrogen) atoms. The summed E-state index contributed by atoms with van der Waals surface area (Å²) in [5.74, 6) is 0.0481. The van der Waals surface area contributed by atoms with E-state index >= 15 is 0 Å². The van der Waals surface area contributed by atoms with E-state index < -0.39 is 0 Å². The second-order valence-corrected chi connectivity index (χ2v) is 5.78. The van der Waals surface area contributed by atoms with E-state index in [1.54, 1.807) is 0 Å². The summed E-state index contributed by atoms with van der Waals surface area (Å²) in [4.78, 5) is 20.2. The standard InChI is InChI=1S/C16H16N4O/c17-8-12-10-20(11-5-7-19(12)9-11)16(21)14-2-1-3-15-13(14)4-6-18-15/h1-4,6,11-12,18H,5,7,9-10H2. The molecule has 3 atom stereocenters. The Morgan fingerprint density at radius 1 is 1.33 bits per heavy atom. The number of aromatic amines is 1. The van der Waals surface area contributed by atoms with Crippen molar-refractivity contribution < 1.29 is 4.79 Å². The topological polar surface area (TPSA) is 63.1 Å². The molecule has 3 heterocycles. The van der Waals surface area contributed by atoms with Crippen molar-refractivity contribution in [1.29, 1.82) is 5.26 Å². The van der Waals surface area contributed by atoms with Crippen LogP contribution in [0, 0.1) is 11.3 Å². The number of rotatable bonds is 1. The van der Waals surface area contributed by atoms with Crippen molar-refractivity contribution in [2.24, 2.45) is 0 Å². The predicted octanol–water partition coefficient (Wildman–Crippen LogP) is 1.59. The first-order valence-corrected chi connectivity index (χ1v) is 7.28. The van der Waals surface area contributed by atoms with Crippen LogP contribution in [0.1, 0.15) is 16.8 Å². The third-order valence-corrected chi connectivity index (χ3v) is 4.68. The Kier molecular flexibility index (Phi) is 2.72. The minimum absolute atomic E-state index is 0.0481. The highest BCUT2D eigenvalue weighted by Gasteiger charge is 2.41. The number of hydrogen-bond donors (Lipinski definition) is 1. The number of nitrogens with zero attached hydrogens (tertiary/aromatic N) is 3. The van der Waals surface area contributed by atoms with Gasteiger partial charge in [-0.15, -0.1) is 0 Å². The molecule has 2 aliphatic heterocycles. The Balaban J connectivity index is 1.71. The molecule has 1 N–H and O–H groups in total. The molecule has 0 saturated carbocycles. The van der Waals surface area contributed by atoms with Crippen LogP contribution in [-0.2, 0) is 0 Å². The predicted molar refractivity (Wildman–Crippen MR) is 78.7 cm³/mol. The van der Waals surface area contributed by atoms with E-state index in [-0.39, 0.29) is 18.0 Å². The van der Waals surface area contributed by atoms with Gasteiger partial charge < -0.3 is 9.88 Å². The zero-order valence-electron chi connectivity index (χ0n) is 11.6. The van der Waals surface area contributed by atoms with Crippen LogP contribution in [0.25, 0.3) is 10.9 Å². The summed E-state index contributed by atoms with van der Waals surface area (Å²) < 4.78 is 0. The van der Waals surface area contributed by atoms with Gasteiger partial charge in [0.1, 0.15) is 6.04 Å². The van der Waals surface area contributed by atoms with Gasteiger partial charge in [0, 0.05) is 41.8 Å². The lowest BCUT2D eigenvalue weighted by atomic mass is 10.1. The Hall–Kier alpha value is -2.32.